The number of carbonyl (C=O) groups is 2. The molecular formula is C24H31N3O3. The molecule has 0 aliphatic carbocycles. The Hall–Kier alpha value is -2.86. The second-order valence-corrected chi connectivity index (χ2v) is 8.11. The molecule has 2 aromatic rings. The summed E-state index contributed by atoms with van der Waals surface area (Å²) in [6.45, 7) is 9.03. The molecule has 1 aliphatic rings. The van der Waals surface area contributed by atoms with E-state index in [1.54, 1.807) is 19.1 Å². The average Bonchev–Trinajstić information content (AvgIpc) is 2.74. The van der Waals surface area contributed by atoms with E-state index >= 15 is 0 Å². The molecule has 6 nitrogen and oxygen atoms in total. The van der Waals surface area contributed by atoms with Gasteiger partial charge in [0.05, 0.1) is 11.3 Å². The largest absolute Gasteiger partial charge is 0.481 e. The number of nitrogens with one attached hydrogen (secondary N) is 1. The molecule has 1 aliphatic heterocycles. The summed E-state index contributed by atoms with van der Waals surface area (Å²) in [7, 11) is 2.05. The third-order valence-electron chi connectivity index (χ3n) is 5.43. The number of para-hydroxylation sites is 1. The number of rotatable bonds is 6. The summed E-state index contributed by atoms with van der Waals surface area (Å²) in [5.41, 5.74) is 2.23. The lowest BCUT2D eigenvalue weighted by Crippen LogP contribution is -2.47. The number of benzene rings is 2. The van der Waals surface area contributed by atoms with Gasteiger partial charge >= 0.3 is 0 Å². The molecule has 30 heavy (non-hydrogen) atoms. The molecule has 160 valence electrons. The van der Waals surface area contributed by atoms with E-state index in [2.05, 4.69) is 24.1 Å². The highest BCUT2D eigenvalue weighted by molar-refractivity contribution is 6.04. The molecule has 3 rings (SSSR count). The lowest BCUT2D eigenvalue weighted by molar-refractivity contribution is -0.122. The van der Waals surface area contributed by atoms with Crippen LogP contribution in [0.3, 0.4) is 0 Å². The Morgan fingerprint density at radius 1 is 0.933 bits per heavy atom. The van der Waals surface area contributed by atoms with E-state index in [-0.39, 0.29) is 11.8 Å². The highest BCUT2D eigenvalue weighted by Gasteiger charge is 2.24. The van der Waals surface area contributed by atoms with Crippen LogP contribution in [0.2, 0.25) is 0 Å². The fourth-order valence-corrected chi connectivity index (χ4v) is 3.38. The molecule has 0 unspecified atom stereocenters. The van der Waals surface area contributed by atoms with Crippen molar-refractivity contribution in [2.24, 2.45) is 0 Å². The summed E-state index contributed by atoms with van der Waals surface area (Å²) in [5, 5.41) is 2.87. The van der Waals surface area contributed by atoms with Gasteiger partial charge in [-0.05, 0) is 49.7 Å². The van der Waals surface area contributed by atoms with Gasteiger partial charge in [-0.15, -0.1) is 0 Å². The minimum atomic E-state index is -0.693. The Labute approximate surface area is 178 Å². The molecular weight excluding hydrogens is 378 g/mol. The number of hydrogen-bond acceptors (Lipinski definition) is 4. The summed E-state index contributed by atoms with van der Waals surface area (Å²) >= 11 is 0. The van der Waals surface area contributed by atoms with Gasteiger partial charge in [0, 0.05) is 26.2 Å². The zero-order valence-corrected chi connectivity index (χ0v) is 18.2. The SMILES string of the molecule is CC(C)c1ccc(O[C@H](C)C(=O)Nc2ccccc2C(=O)N2CCN(C)CC2)cc1. The topological polar surface area (TPSA) is 61.9 Å². The number of piperazine rings is 1. The van der Waals surface area contributed by atoms with Crippen molar-refractivity contribution in [3.63, 3.8) is 0 Å². The molecule has 1 N–H and O–H groups in total. The quantitative estimate of drug-likeness (QED) is 0.792. The minimum Gasteiger partial charge on any atom is -0.481 e. The van der Waals surface area contributed by atoms with Crippen LogP contribution in [0.25, 0.3) is 0 Å². The molecule has 0 saturated carbocycles. The van der Waals surface area contributed by atoms with Crippen molar-refractivity contribution in [1.29, 1.82) is 0 Å². The zero-order valence-electron chi connectivity index (χ0n) is 18.2. The van der Waals surface area contributed by atoms with Gasteiger partial charge in [-0.1, -0.05) is 38.1 Å². The number of ether oxygens (including phenoxy) is 1. The van der Waals surface area contributed by atoms with Crippen LogP contribution in [-0.2, 0) is 4.79 Å². The number of carbonyl (C=O) groups excluding carboxylic acids is 2. The Morgan fingerprint density at radius 2 is 1.57 bits per heavy atom. The van der Waals surface area contributed by atoms with Gasteiger partial charge in [-0.3, -0.25) is 9.59 Å². The molecule has 6 heteroatoms. The highest BCUT2D eigenvalue weighted by atomic mass is 16.5. The molecule has 0 aromatic heterocycles. The van der Waals surface area contributed by atoms with Gasteiger partial charge in [0.25, 0.3) is 11.8 Å². The maximum Gasteiger partial charge on any atom is 0.265 e. The molecule has 1 atom stereocenters. The number of hydrogen-bond donors (Lipinski definition) is 1. The molecule has 2 aromatic carbocycles. The molecule has 2 amide bonds. The van der Waals surface area contributed by atoms with Crippen molar-refractivity contribution in [1.82, 2.24) is 9.80 Å². The second-order valence-electron chi connectivity index (χ2n) is 8.11. The highest BCUT2D eigenvalue weighted by Crippen LogP contribution is 2.21. The van der Waals surface area contributed by atoms with Gasteiger partial charge < -0.3 is 19.9 Å². The van der Waals surface area contributed by atoms with Crippen LogP contribution in [0.5, 0.6) is 5.75 Å². The zero-order chi connectivity index (χ0) is 21.7. The van der Waals surface area contributed by atoms with Crippen molar-refractivity contribution in [2.75, 3.05) is 38.5 Å². The van der Waals surface area contributed by atoms with Crippen LogP contribution < -0.4 is 10.1 Å². The van der Waals surface area contributed by atoms with E-state index in [1.807, 2.05) is 48.3 Å². The van der Waals surface area contributed by atoms with E-state index in [0.717, 1.165) is 13.1 Å². The maximum absolute atomic E-state index is 13.0. The van der Waals surface area contributed by atoms with E-state index in [1.165, 1.54) is 5.56 Å². The second kappa shape index (κ2) is 9.76. The lowest BCUT2D eigenvalue weighted by Gasteiger charge is -2.32. The fourth-order valence-electron chi connectivity index (χ4n) is 3.38. The summed E-state index contributed by atoms with van der Waals surface area (Å²) in [5.74, 6) is 0.733. The minimum absolute atomic E-state index is 0.0585. The third-order valence-corrected chi connectivity index (χ3v) is 5.43. The van der Waals surface area contributed by atoms with Crippen LogP contribution in [0.1, 0.15) is 42.6 Å². The van der Waals surface area contributed by atoms with Gasteiger partial charge in [-0.2, -0.15) is 0 Å². The lowest BCUT2D eigenvalue weighted by atomic mass is 10.0. The van der Waals surface area contributed by atoms with Crippen LogP contribution in [0.15, 0.2) is 48.5 Å². The summed E-state index contributed by atoms with van der Waals surface area (Å²) in [6.07, 6.45) is -0.693. The maximum atomic E-state index is 13.0. The number of anilines is 1. The standard InChI is InChI=1S/C24H31N3O3/c1-17(2)19-9-11-20(12-10-19)30-18(3)23(28)25-22-8-6-5-7-21(22)24(29)27-15-13-26(4)14-16-27/h5-12,17-18H,13-16H2,1-4H3,(H,25,28)/t18-/m1/s1. The van der Waals surface area contributed by atoms with E-state index in [4.69, 9.17) is 4.74 Å². The van der Waals surface area contributed by atoms with E-state index in [0.29, 0.717) is 36.0 Å². The third kappa shape index (κ3) is 5.39. The van der Waals surface area contributed by atoms with Crippen LogP contribution in [0.4, 0.5) is 5.69 Å². The normalized spacial score (nSPS) is 15.7. The monoisotopic (exact) mass is 409 g/mol. The smallest absolute Gasteiger partial charge is 0.265 e. The van der Waals surface area contributed by atoms with Crippen LogP contribution >= 0.6 is 0 Å². The van der Waals surface area contributed by atoms with E-state index in [9.17, 15) is 9.59 Å². The first-order chi connectivity index (χ1) is 14.3. The number of nitrogens with zero attached hydrogens (tertiary/aromatic N) is 2. The predicted octanol–water partition coefficient (Wildman–Crippen LogP) is 3.60. The van der Waals surface area contributed by atoms with Gasteiger partial charge in [-0.25, -0.2) is 0 Å². The van der Waals surface area contributed by atoms with Crippen molar-refractivity contribution in [3.05, 3.63) is 59.7 Å². The van der Waals surface area contributed by atoms with Crippen molar-refractivity contribution in [3.8, 4) is 5.75 Å². The summed E-state index contributed by atoms with van der Waals surface area (Å²) < 4.78 is 5.80. The molecule has 0 spiro atoms. The predicted molar refractivity (Wildman–Crippen MR) is 119 cm³/mol. The van der Waals surface area contributed by atoms with Crippen LogP contribution in [-0.4, -0.2) is 60.9 Å². The van der Waals surface area contributed by atoms with Crippen LogP contribution in [0, 0.1) is 0 Å². The molecule has 0 radical (unpaired) electrons. The van der Waals surface area contributed by atoms with Gasteiger partial charge in [0.15, 0.2) is 6.10 Å². The summed E-state index contributed by atoms with van der Waals surface area (Å²) in [4.78, 5) is 29.7. The first-order valence-electron chi connectivity index (χ1n) is 10.5. The average molecular weight is 410 g/mol. The van der Waals surface area contributed by atoms with Gasteiger partial charge in [0.2, 0.25) is 0 Å². The fraction of sp³-hybridized carbons (Fsp3) is 0.417. The Bertz CT molecular complexity index is 872. The Morgan fingerprint density at radius 3 is 2.20 bits per heavy atom. The number of amides is 2. The molecule has 0 bridgehead atoms. The van der Waals surface area contributed by atoms with E-state index < -0.39 is 6.10 Å². The van der Waals surface area contributed by atoms with Crippen molar-refractivity contribution >= 4 is 17.5 Å². The van der Waals surface area contributed by atoms with Crippen molar-refractivity contribution < 1.29 is 14.3 Å². The summed E-state index contributed by atoms with van der Waals surface area (Å²) in [6, 6.07) is 14.9. The first-order valence-corrected chi connectivity index (χ1v) is 10.5. The molecule has 1 saturated heterocycles. The first kappa shape index (κ1) is 21.8. The Balaban J connectivity index is 1.65. The number of likely N-dealkylation sites (N-methyl/N-ethyl adjacent to an activating group) is 1. The van der Waals surface area contributed by atoms with Crippen molar-refractivity contribution in [2.45, 2.75) is 32.8 Å². The Kier molecular flexibility index (Phi) is 7.11. The van der Waals surface area contributed by atoms with Gasteiger partial charge in [0.1, 0.15) is 5.75 Å². The molecule has 1 heterocycles. The molecule has 1 fully saturated rings.